The lowest BCUT2D eigenvalue weighted by atomic mass is 10.2. The maximum atomic E-state index is 12.3. The van der Waals surface area contributed by atoms with E-state index in [9.17, 15) is 13.5 Å². The Balaban J connectivity index is 1.93. The van der Waals surface area contributed by atoms with Crippen molar-refractivity contribution in [1.29, 1.82) is 0 Å². The van der Waals surface area contributed by atoms with Crippen LogP contribution in [0.3, 0.4) is 0 Å². The molecule has 0 spiro atoms. The number of ether oxygens (including phenoxy) is 1. The molecule has 130 valence electrons. The predicted octanol–water partition coefficient (Wildman–Crippen LogP) is 1.21. The molecule has 0 aliphatic carbocycles. The van der Waals surface area contributed by atoms with Crippen LogP contribution in [-0.4, -0.2) is 56.8 Å². The van der Waals surface area contributed by atoms with Gasteiger partial charge in [0.05, 0.1) is 18.1 Å². The van der Waals surface area contributed by atoms with Crippen LogP contribution < -0.4 is 9.46 Å². The number of aliphatic hydroxyl groups is 1. The maximum absolute atomic E-state index is 12.3. The van der Waals surface area contributed by atoms with E-state index in [-0.39, 0.29) is 11.4 Å². The van der Waals surface area contributed by atoms with Crippen LogP contribution in [0, 0.1) is 0 Å². The number of benzene rings is 1. The quantitative estimate of drug-likeness (QED) is 0.779. The predicted molar refractivity (Wildman–Crippen MR) is 89.1 cm³/mol. The SMILES string of the molecule is COc1cccc(S(=O)(=O)NC[C@H](O)CN2C(C)CCC2C)c1. The van der Waals surface area contributed by atoms with Crippen molar-refractivity contribution in [3.05, 3.63) is 24.3 Å². The molecule has 2 rings (SSSR count). The first kappa shape index (κ1) is 18.2. The zero-order valence-electron chi connectivity index (χ0n) is 13.9. The highest BCUT2D eigenvalue weighted by Crippen LogP contribution is 2.23. The monoisotopic (exact) mass is 342 g/mol. The molecule has 1 aliphatic heterocycles. The lowest BCUT2D eigenvalue weighted by Crippen LogP contribution is -2.43. The van der Waals surface area contributed by atoms with E-state index in [2.05, 4.69) is 23.5 Å². The molecule has 1 fully saturated rings. The summed E-state index contributed by atoms with van der Waals surface area (Å²) < 4.78 is 32.1. The smallest absolute Gasteiger partial charge is 0.240 e. The summed E-state index contributed by atoms with van der Waals surface area (Å²) in [6.45, 7) is 4.74. The third-order valence-corrected chi connectivity index (χ3v) is 5.84. The Kier molecular flexibility index (Phi) is 6.02. The van der Waals surface area contributed by atoms with Gasteiger partial charge in [-0.2, -0.15) is 0 Å². The van der Waals surface area contributed by atoms with E-state index in [1.165, 1.54) is 19.2 Å². The number of nitrogens with zero attached hydrogens (tertiary/aromatic N) is 1. The van der Waals surface area contributed by atoms with Gasteiger partial charge in [-0.25, -0.2) is 13.1 Å². The number of methoxy groups -OCH3 is 1. The van der Waals surface area contributed by atoms with Crippen molar-refractivity contribution in [3.63, 3.8) is 0 Å². The van der Waals surface area contributed by atoms with Crippen LogP contribution in [0.1, 0.15) is 26.7 Å². The minimum atomic E-state index is -3.66. The van der Waals surface area contributed by atoms with Gasteiger partial charge in [0, 0.05) is 31.2 Å². The van der Waals surface area contributed by atoms with E-state index in [0.29, 0.717) is 24.4 Å². The van der Waals surface area contributed by atoms with Crippen LogP contribution in [0.5, 0.6) is 5.75 Å². The van der Waals surface area contributed by atoms with Gasteiger partial charge in [0.1, 0.15) is 5.75 Å². The summed E-state index contributed by atoms with van der Waals surface area (Å²) in [4.78, 5) is 2.36. The molecule has 0 aromatic heterocycles. The van der Waals surface area contributed by atoms with Crippen molar-refractivity contribution in [1.82, 2.24) is 9.62 Å². The van der Waals surface area contributed by atoms with E-state index >= 15 is 0 Å². The molecule has 3 atom stereocenters. The molecular formula is C16H26N2O4S. The molecule has 1 saturated heterocycles. The van der Waals surface area contributed by atoms with Crippen molar-refractivity contribution in [2.24, 2.45) is 0 Å². The van der Waals surface area contributed by atoms with Gasteiger partial charge < -0.3 is 9.84 Å². The van der Waals surface area contributed by atoms with Gasteiger partial charge in [0.2, 0.25) is 10.0 Å². The van der Waals surface area contributed by atoms with Crippen LogP contribution in [-0.2, 0) is 10.0 Å². The van der Waals surface area contributed by atoms with Gasteiger partial charge in [0.15, 0.2) is 0 Å². The molecule has 6 nitrogen and oxygen atoms in total. The highest BCUT2D eigenvalue weighted by atomic mass is 32.2. The fraction of sp³-hybridized carbons (Fsp3) is 0.625. The lowest BCUT2D eigenvalue weighted by Gasteiger charge is -2.28. The molecule has 2 N–H and O–H groups in total. The van der Waals surface area contributed by atoms with Crippen LogP contribution in [0.25, 0.3) is 0 Å². The number of aliphatic hydroxyl groups excluding tert-OH is 1. The molecule has 23 heavy (non-hydrogen) atoms. The maximum Gasteiger partial charge on any atom is 0.240 e. The van der Waals surface area contributed by atoms with Gasteiger partial charge in [-0.05, 0) is 38.8 Å². The van der Waals surface area contributed by atoms with Gasteiger partial charge in [-0.3, -0.25) is 4.90 Å². The molecule has 2 unspecified atom stereocenters. The second kappa shape index (κ2) is 7.61. The number of likely N-dealkylation sites (tertiary alicyclic amines) is 1. The standard InChI is InChI=1S/C16H26N2O4S/c1-12-7-8-13(2)18(12)11-14(19)10-17-23(20,21)16-6-4-5-15(9-16)22-3/h4-6,9,12-14,17,19H,7-8,10-11H2,1-3H3/t12?,13?,14-/m0/s1. The number of rotatable bonds is 7. The van der Waals surface area contributed by atoms with E-state index in [0.717, 1.165) is 12.8 Å². The zero-order chi connectivity index (χ0) is 17.0. The molecule has 0 amide bonds. The molecule has 0 bridgehead atoms. The van der Waals surface area contributed by atoms with Crippen molar-refractivity contribution < 1.29 is 18.3 Å². The Morgan fingerprint density at radius 2 is 2.00 bits per heavy atom. The summed E-state index contributed by atoms with van der Waals surface area (Å²) in [5.74, 6) is 0.480. The summed E-state index contributed by atoms with van der Waals surface area (Å²) in [6, 6.07) is 7.12. The van der Waals surface area contributed by atoms with E-state index < -0.39 is 16.1 Å². The van der Waals surface area contributed by atoms with E-state index in [4.69, 9.17) is 4.74 Å². The Bertz CT molecular complexity index is 610. The minimum Gasteiger partial charge on any atom is -0.497 e. The second-order valence-electron chi connectivity index (χ2n) is 6.16. The summed E-state index contributed by atoms with van der Waals surface area (Å²) in [5, 5.41) is 10.2. The van der Waals surface area contributed by atoms with Crippen molar-refractivity contribution in [3.8, 4) is 5.75 Å². The number of hydrogen-bond acceptors (Lipinski definition) is 5. The minimum absolute atomic E-state index is 0.00448. The van der Waals surface area contributed by atoms with Crippen LogP contribution in [0.4, 0.5) is 0 Å². The normalized spacial score (nSPS) is 23.8. The summed E-state index contributed by atoms with van der Waals surface area (Å²) in [7, 11) is -2.17. The fourth-order valence-corrected chi connectivity index (χ4v) is 4.08. The summed E-state index contributed by atoms with van der Waals surface area (Å²) in [5.41, 5.74) is 0. The highest BCUT2D eigenvalue weighted by Gasteiger charge is 2.29. The highest BCUT2D eigenvalue weighted by molar-refractivity contribution is 7.89. The Morgan fingerprint density at radius 3 is 2.61 bits per heavy atom. The van der Waals surface area contributed by atoms with E-state index in [1.54, 1.807) is 12.1 Å². The molecule has 1 aromatic rings. The first-order valence-corrected chi connectivity index (χ1v) is 9.39. The van der Waals surface area contributed by atoms with E-state index in [1.807, 2.05) is 0 Å². The molecule has 7 heteroatoms. The number of hydrogen-bond donors (Lipinski definition) is 2. The fourth-order valence-electron chi connectivity index (χ4n) is 2.97. The zero-order valence-corrected chi connectivity index (χ0v) is 14.7. The average Bonchev–Trinajstić information content (AvgIpc) is 2.85. The van der Waals surface area contributed by atoms with Gasteiger partial charge in [-0.1, -0.05) is 6.07 Å². The van der Waals surface area contributed by atoms with Gasteiger partial charge in [-0.15, -0.1) is 0 Å². The second-order valence-corrected chi connectivity index (χ2v) is 7.92. The molecule has 0 radical (unpaired) electrons. The lowest BCUT2D eigenvalue weighted by molar-refractivity contribution is 0.0941. The number of β-amino-alcohol motifs (C(OH)–C–C–N with tert-alkyl or cyclic N) is 1. The third kappa shape index (κ3) is 4.67. The first-order valence-electron chi connectivity index (χ1n) is 7.91. The Morgan fingerprint density at radius 1 is 1.35 bits per heavy atom. The molecule has 0 saturated carbocycles. The molecular weight excluding hydrogens is 316 g/mol. The molecule has 1 aromatic carbocycles. The van der Waals surface area contributed by atoms with Crippen LogP contribution in [0.2, 0.25) is 0 Å². The average molecular weight is 342 g/mol. The first-order chi connectivity index (χ1) is 10.8. The molecule has 1 heterocycles. The van der Waals surface area contributed by atoms with Crippen molar-refractivity contribution >= 4 is 10.0 Å². The number of nitrogens with one attached hydrogen (secondary N) is 1. The summed E-state index contributed by atoms with van der Waals surface area (Å²) >= 11 is 0. The topological polar surface area (TPSA) is 78.9 Å². The van der Waals surface area contributed by atoms with Gasteiger partial charge in [0.25, 0.3) is 0 Å². The number of sulfonamides is 1. The Labute approximate surface area is 138 Å². The van der Waals surface area contributed by atoms with Gasteiger partial charge >= 0.3 is 0 Å². The molecule has 1 aliphatic rings. The largest absolute Gasteiger partial charge is 0.497 e. The Hall–Kier alpha value is -1.15. The van der Waals surface area contributed by atoms with Crippen molar-refractivity contribution in [2.45, 2.75) is 49.8 Å². The summed E-state index contributed by atoms with van der Waals surface area (Å²) in [6.07, 6.45) is 1.49. The van der Waals surface area contributed by atoms with Crippen LogP contribution in [0.15, 0.2) is 29.2 Å². The van der Waals surface area contributed by atoms with Crippen molar-refractivity contribution in [2.75, 3.05) is 20.2 Å². The van der Waals surface area contributed by atoms with Crippen LogP contribution >= 0.6 is 0 Å². The third-order valence-electron chi connectivity index (χ3n) is 4.42.